The van der Waals surface area contributed by atoms with Crippen LogP contribution in [-0.2, 0) is 23.9 Å². The Bertz CT molecular complexity index is 897. The number of hydrogen-bond donors (Lipinski definition) is 4. The maximum atomic E-state index is 13.5. The number of nitrogens with zero attached hydrogens (tertiary/aromatic N) is 1. The second-order valence-electron chi connectivity index (χ2n) is 9.01. The van der Waals surface area contributed by atoms with Gasteiger partial charge in [-0.05, 0) is 57.4 Å². The lowest BCUT2D eigenvalue weighted by Gasteiger charge is -2.34. The number of esters is 1. The lowest BCUT2D eigenvalue weighted by molar-refractivity contribution is -0.145. The molecule has 1 rings (SSSR count). The predicted octanol–water partition coefficient (Wildman–Crippen LogP) is 1.55. The quantitative estimate of drug-likeness (QED) is 0.337. The van der Waals surface area contributed by atoms with Crippen LogP contribution >= 0.6 is 0 Å². The van der Waals surface area contributed by atoms with E-state index in [0.717, 1.165) is 0 Å². The summed E-state index contributed by atoms with van der Waals surface area (Å²) < 4.78 is 9.76. The molecule has 0 saturated carbocycles. The molecule has 0 spiro atoms. The van der Waals surface area contributed by atoms with E-state index >= 15 is 0 Å². The molecule has 0 aliphatic heterocycles. The van der Waals surface area contributed by atoms with E-state index in [9.17, 15) is 29.4 Å². The summed E-state index contributed by atoms with van der Waals surface area (Å²) in [5, 5.41) is 24.6. The number of alkyl carbamates (subject to hydrolysis) is 1. The first kappa shape index (κ1) is 29.7. The van der Waals surface area contributed by atoms with Gasteiger partial charge in [-0.3, -0.25) is 14.4 Å². The van der Waals surface area contributed by atoms with Gasteiger partial charge in [0, 0.05) is 6.54 Å². The number of aromatic hydroxyl groups is 1. The van der Waals surface area contributed by atoms with E-state index in [1.165, 1.54) is 24.1 Å². The van der Waals surface area contributed by atoms with Gasteiger partial charge in [-0.15, -0.1) is 0 Å². The van der Waals surface area contributed by atoms with Crippen molar-refractivity contribution in [3.8, 4) is 5.75 Å². The lowest BCUT2D eigenvalue weighted by Crippen LogP contribution is -2.54. The molecule has 11 nitrogen and oxygen atoms in total. The summed E-state index contributed by atoms with van der Waals surface area (Å²) in [7, 11) is 1.18. The molecule has 2 atom stereocenters. The van der Waals surface area contributed by atoms with E-state index in [1.807, 2.05) is 6.92 Å². The summed E-state index contributed by atoms with van der Waals surface area (Å²) >= 11 is 0. The number of unbranched alkanes of at least 4 members (excludes halogenated alkanes) is 1. The maximum Gasteiger partial charge on any atom is 0.408 e. The van der Waals surface area contributed by atoms with Crippen LogP contribution in [0.5, 0.6) is 5.75 Å². The Morgan fingerprint density at radius 2 is 1.83 bits per heavy atom. The molecule has 3 amide bonds. The fourth-order valence-corrected chi connectivity index (χ4v) is 3.18. The average molecular weight is 496 g/mol. The summed E-state index contributed by atoms with van der Waals surface area (Å²) in [6, 6.07) is 1.85. The molecule has 0 bridgehead atoms. The third-order valence-electron chi connectivity index (χ3n) is 4.94. The van der Waals surface area contributed by atoms with Crippen molar-refractivity contribution in [2.24, 2.45) is 0 Å². The third-order valence-corrected chi connectivity index (χ3v) is 4.94. The molecule has 0 aliphatic rings. The normalized spacial score (nSPS) is 12.8. The van der Waals surface area contributed by atoms with Crippen LogP contribution in [0.15, 0.2) is 18.2 Å². The van der Waals surface area contributed by atoms with Crippen LogP contribution in [0.4, 0.5) is 4.79 Å². The Balaban J connectivity index is 3.40. The molecule has 35 heavy (non-hydrogen) atoms. The Morgan fingerprint density at radius 1 is 1.17 bits per heavy atom. The molecule has 0 radical (unpaired) electrons. The van der Waals surface area contributed by atoms with Gasteiger partial charge in [-0.25, -0.2) is 4.79 Å². The number of phenols is 1. The Kier molecular flexibility index (Phi) is 11.5. The predicted molar refractivity (Wildman–Crippen MR) is 127 cm³/mol. The fourth-order valence-electron chi connectivity index (χ4n) is 3.18. The average Bonchev–Trinajstić information content (AvgIpc) is 2.78. The maximum absolute atomic E-state index is 13.5. The van der Waals surface area contributed by atoms with Crippen LogP contribution in [0.3, 0.4) is 0 Å². The summed E-state index contributed by atoms with van der Waals surface area (Å²) in [5.74, 6) is -2.05. The van der Waals surface area contributed by atoms with Crippen LogP contribution in [0.2, 0.25) is 0 Å². The van der Waals surface area contributed by atoms with Crippen molar-refractivity contribution in [1.82, 2.24) is 15.5 Å². The summed E-state index contributed by atoms with van der Waals surface area (Å²) in [4.78, 5) is 51.9. The minimum absolute atomic E-state index is 0.00808. The Labute approximate surface area is 205 Å². The Morgan fingerprint density at radius 3 is 2.34 bits per heavy atom. The zero-order valence-corrected chi connectivity index (χ0v) is 21.2. The van der Waals surface area contributed by atoms with Crippen LogP contribution in [0, 0.1) is 6.92 Å². The molecule has 4 N–H and O–H groups in total. The highest BCUT2D eigenvalue weighted by molar-refractivity contribution is 5.93. The van der Waals surface area contributed by atoms with E-state index in [1.54, 1.807) is 33.8 Å². The molecular formula is C24H37N3O8. The summed E-state index contributed by atoms with van der Waals surface area (Å²) in [6.45, 7) is 7.49. The number of aliphatic hydroxyl groups is 1. The first-order valence-electron chi connectivity index (χ1n) is 11.4. The number of carbonyl (C=O) groups is 4. The van der Waals surface area contributed by atoms with Gasteiger partial charge < -0.3 is 35.2 Å². The number of ether oxygens (including phenoxy) is 2. The van der Waals surface area contributed by atoms with Crippen molar-refractivity contribution in [3.05, 3.63) is 29.3 Å². The molecular weight excluding hydrogens is 458 g/mol. The first-order valence-corrected chi connectivity index (χ1v) is 11.4. The number of phenolic OH excluding ortho intramolecular Hbond substituents is 1. The van der Waals surface area contributed by atoms with Crippen molar-refractivity contribution in [2.45, 2.75) is 65.1 Å². The monoisotopic (exact) mass is 495 g/mol. The smallest absolute Gasteiger partial charge is 0.408 e. The van der Waals surface area contributed by atoms with E-state index in [0.29, 0.717) is 24.0 Å². The fraction of sp³-hybridized carbons (Fsp3) is 0.583. The molecule has 1 aromatic rings. The van der Waals surface area contributed by atoms with E-state index in [-0.39, 0.29) is 12.3 Å². The lowest BCUT2D eigenvalue weighted by atomic mass is 10.00. The molecule has 11 heteroatoms. The number of aliphatic hydroxyl groups excluding tert-OH is 1. The zero-order valence-electron chi connectivity index (χ0n) is 21.2. The van der Waals surface area contributed by atoms with Crippen LogP contribution in [-0.4, -0.2) is 77.4 Å². The number of amides is 3. The molecule has 0 saturated heterocycles. The molecule has 196 valence electrons. The number of carbonyl (C=O) groups excluding carboxylic acids is 4. The molecule has 1 aromatic carbocycles. The number of rotatable bonds is 11. The third kappa shape index (κ3) is 9.44. The van der Waals surface area contributed by atoms with Gasteiger partial charge in [-0.2, -0.15) is 0 Å². The van der Waals surface area contributed by atoms with E-state index in [4.69, 9.17) is 4.74 Å². The number of aryl methyl sites for hydroxylation is 1. The number of benzene rings is 1. The van der Waals surface area contributed by atoms with Crippen molar-refractivity contribution in [3.63, 3.8) is 0 Å². The molecule has 0 aliphatic carbocycles. The van der Waals surface area contributed by atoms with Crippen LogP contribution in [0.1, 0.15) is 57.7 Å². The second kappa shape index (κ2) is 13.5. The highest BCUT2D eigenvalue weighted by Crippen LogP contribution is 2.27. The van der Waals surface area contributed by atoms with Gasteiger partial charge in [-0.1, -0.05) is 19.4 Å². The SMILES string of the molecule is CCCCN(C(=O)C(CO)NC(=O)OC(C)(C)C)C(C(=O)NCC(=O)OC)c1ccc(O)c(C)c1. The molecule has 0 aromatic heterocycles. The van der Waals surface area contributed by atoms with Gasteiger partial charge in [0.25, 0.3) is 0 Å². The van der Waals surface area contributed by atoms with E-state index < -0.39 is 54.7 Å². The molecule has 2 unspecified atom stereocenters. The van der Waals surface area contributed by atoms with E-state index in [2.05, 4.69) is 15.4 Å². The van der Waals surface area contributed by atoms with Gasteiger partial charge in [0.2, 0.25) is 11.8 Å². The highest BCUT2D eigenvalue weighted by atomic mass is 16.6. The van der Waals surface area contributed by atoms with Crippen molar-refractivity contribution in [1.29, 1.82) is 0 Å². The van der Waals surface area contributed by atoms with Gasteiger partial charge in [0.05, 0.1) is 13.7 Å². The number of nitrogens with one attached hydrogen (secondary N) is 2. The van der Waals surface area contributed by atoms with Crippen molar-refractivity contribution < 1.29 is 38.9 Å². The van der Waals surface area contributed by atoms with Gasteiger partial charge >= 0.3 is 12.1 Å². The highest BCUT2D eigenvalue weighted by Gasteiger charge is 2.36. The minimum Gasteiger partial charge on any atom is -0.508 e. The second-order valence-corrected chi connectivity index (χ2v) is 9.01. The number of methoxy groups -OCH3 is 1. The molecule has 0 fully saturated rings. The van der Waals surface area contributed by atoms with Crippen molar-refractivity contribution >= 4 is 23.9 Å². The standard InChI is InChI=1S/C24H37N3O8/c1-7-8-11-27(22(32)17(14-28)26-23(33)35-24(3,4)5)20(21(31)25-13-19(30)34-6)16-9-10-18(29)15(2)12-16/h9-10,12,17,20,28-29H,7-8,11,13-14H2,1-6H3,(H,25,31)(H,26,33). The van der Waals surface area contributed by atoms with Crippen LogP contribution in [0.25, 0.3) is 0 Å². The molecule has 0 heterocycles. The summed E-state index contributed by atoms with van der Waals surface area (Å²) in [5.41, 5.74) is 0.0253. The Hall–Kier alpha value is -3.34. The largest absolute Gasteiger partial charge is 0.508 e. The summed E-state index contributed by atoms with van der Waals surface area (Å²) in [6.07, 6.45) is 0.319. The zero-order chi connectivity index (χ0) is 26.8. The number of hydrogen-bond acceptors (Lipinski definition) is 8. The topological polar surface area (TPSA) is 154 Å². The minimum atomic E-state index is -1.38. The van der Waals surface area contributed by atoms with Crippen LogP contribution < -0.4 is 10.6 Å². The van der Waals surface area contributed by atoms with Gasteiger partial charge in [0.1, 0.15) is 30.0 Å². The van der Waals surface area contributed by atoms with Crippen molar-refractivity contribution in [2.75, 3.05) is 26.8 Å². The van der Waals surface area contributed by atoms with Gasteiger partial charge in [0.15, 0.2) is 0 Å². The first-order chi connectivity index (χ1) is 16.3.